The summed E-state index contributed by atoms with van der Waals surface area (Å²) in [5, 5.41) is 4.83. The minimum atomic E-state index is -3.71. The molecule has 0 saturated carbocycles. The number of carbonyl (C=O) groups is 3. The van der Waals surface area contributed by atoms with E-state index in [0.29, 0.717) is 10.6 Å². The first-order valence-corrected chi connectivity index (χ1v) is 12.1. The van der Waals surface area contributed by atoms with Crippen LogP contribution in [0.3, 0.4) is 0 Å². The van der Waals surface area contributed by atoms with Gasteiger partial charge in [-0.15, -0.1) is 0 Å². The van der Waals surface area contributed by atoms with Gasteiger partial charge in [0.25, 0.3) is 5.91 Å². The first-order chi connectivity index (χ1) is 15.7. The van der Waals surface area contributed by atoms with Crippen LogP contribution < -0.4 is 10.6 Å². The lowest BCUT2D eigenvalue weighted by atomic mass is 9.98. The van der Waals surface area contributed by atoms with Crippen molar-refractivity contribution >= 4 is 39.5 Å². The summed E-state index contributed by atoms with van der Waals surface area (Å²) in [5.41, 5.74) is 0.412. The number of piperidine rings is 1. The number of carbonyl (C=O) groups excluding carboxylic acids is 3. The van der Waals surface area contributed by atoms with Gasteiger partial charge in [-0.1, -0.05) is 41.9 Å². The summed E-state index contributed by atoms with van der Waals surface area (Å²) < 4.78 is 32.5. The van der Waals surface area contributed by atoms with Crippen molar-refractivity contribution in [2.24, 2.45) is 5.92 Å². The standard InChI is InChI=1S/C22H24ClN3O6S/c1-24-22(29)25-20(27)19(15-5-3-2-4-6-15)32-21(28)16-11-13-26(14-12-16)33(30,31)18-9-7-17(23)8-10-18/h2-10,16,19H,11-14H2,1H3,(H2,24,25,27,29). The zero-order valence-corrected chi connectivity index (χ0v) is 19.4. The lowest BCUT2D eigenvalue weighted by molar-refractivity contribution is -0.161. The van der Waals surface area contributed by atoms with Crippen LogP contribution in [0, 0.1) is 5.92 Å². The lowest BCUT2D eigenvalue weighted by Crippen LogP contribution is -2.43. The predicted octanol–water partition coefficient (Wildman–Crippen LogP) is 2.48. The van der Waals surface area contributed by atoms with E-state index in [0.717, 1.165) is 0 Å². The van der Waals surface area contributed by atoms with Crippen LogP contribution >= 0.6 is 11.6 Å². The van der Waals surface area contributed by atoms with Crippen LogP contribution in [0.4, 0.5) is 4.79 Å². The highest BCUT2D eigenvalue weighted by molar-refractivity contribution is 7.89. The fourth-order valence-electron chi connectivity index (χ4n) is 3.44. The van der Waals surface area contributed by atoms with Gasteiger partial charge in [0.1, 0.15) is 0 Å². The molecule has 0 aliphatic carbocycles. The number of amides is 3. The number of hydrogen-bond acceptors (Lipinski definition) is 6. The van der Waals surface area contributed by atoms with Crippen molar-refractivity contribution in [3.05, 3.63) is 65.2 Å². The molecule has 0 radical (unpaired) electrons. The van der Waals surface area contributed by atoms with E-state index in [9.17, 15) is 22.8 Å². The number of halogens is 1. The summed E-state index contributed by atoms with van der Waals surface area (Å²) in [6, 6.07) is 13.5. The Morgan fingerprint density at radius 2 is 1.64 bits per heavy atom. The first-order valence-electron chi connectivity index (χ1n) is 10.3. The summed E-state index contributed by atoms with van der Waals surface area (Å²) in [6.07, 6.45) is -0.833. The predicted molar refractivity (Wildman–Crippen MR) is 121 cm³/mol. The number of urea groups is 1. The maximum absolute atomic E-state index is 12.8. The third-order valence-electron chi connectivity index (χ3n) is 5.28. The summed E-state index contributed by atoms with van der Waals surface area (Å²) in [7, 11) is -2.35. The van der Waals surface area contributed by atoms with Gasteiger partial charge in [-0.3, -0.25) is 14.9 Å². The van der Waals surface area contributed by atoms with E-state index in [4.69, 9.17) is 16.3 Å². The Hall–Kier alpha value is -2.95. The Bertz CT molecular complexity index is 1100. The van der Waals surface area contributed by atoms with Crippen LogP contribution in [-0.2, 0) is 24.3 Å². The Labute approximate surface area is 197 Å². The highest BCUT2D eigenvalue weighted by atomic mass is 35.5. The molecular formula is C22H24ClN3O6S. The van der Waals surface area contributed by atoms with Gasteiger partial charge < -0.3 is 10.1 Å². The molecule has 176 valence electrons. The van der Waals surface area contributed by atoms with Crippen molar-refractivity contribution in [1.29, 1.82) is 0 Å². The lowest BCUT2D eigenvalue weighted by Gasteiger charge is -2.31. The number of esters is 1. The van der Waals surface area contributed by atoms with E-state index in [-0.39, 0.29) is 30.8 Å². The summed E-state index contributed by atoms with van der Waals surface area (Å²) in [4.78, 5) is 37.1. The average Bonchev–Trinajstić information content (AvgIpc) is 2.83. The Morgan fingerprint density at radius 1 is 1.03 bits per heavy atom. The zero-order chi connectivity index (χ0) is 24.0. The number of sulfonamides is 1. The summed E-state index contributed by atoms with van der Waals surface area (Å²) >= 11 is 5.84. The molecule has 3 rings (SSSR count). The number of rotatable bonds is 6. The highest BCUT2D eigenvalue weighted by Crippen LogP contribution is 2.27. The van der Waals surface area contributed by atoms with Crippen LogP contribution in [0.15, 0.2) is 59.5 Å². The molecule has 3 amide bonds. The third kappa shape index (κ3) is 6.10. The zero-order valence-electron chi connectivity index (χ0n) is 17.9. The summed E-state index contributed by atoms with van der Waals surface area (Å²) in [5.74, 6) is -1.99. The molecule has 2 N–H and O–H groups in total. The fraction of sp³-hybridized carbons (Fsp3) is 0.318. The molecular weight excluding hydrogens is 470 g/mol. The molecule has 1 saturated heterocycles. The van der Waals surface area contributed by atoms with Crippen molar-refractivity contribution < 1.29 is 27.5 Å². The minimum absolute atomic E-state index is 0.128. The molecule has 1 aliphatic rings. The second-order valence-electron chi connectivity index (χ2n) is 7.43. The van der Waals surface area contributed by atoms with Gasteiger partial charge in [0, 0.05) is 30.7 Å². The molecule has 9 nitrogen and oxygen atoms in total. The van der Waals surface area contributed by atoms with Gasteiger partial charge in [-0.2, -0.15) is 4.31 Å². The molecule has 2 aromatic carbocycles. The molecule has 2 aromatic rings. The number of ether oxygens (including phenoxy) is 1. The molecule has 11 heteroatoms. The molecule has 1 fully saturated rings. The Balaban J connectivity index is 1.66. The summed E-state index contributed by atoms with van der Waals surface area (Å²) in [6.45, 7) is 0.260. The molecule has 1 heterocycles. The SMILES string of the molecule is CNC(=O)NC(=O)C(OC(=O)C1CCN(S(=O)(=O)c2ccc(Cl)cc2)CC1)c1ccccc1. The maximum atomic E-state index is 12.8. The van der Waals surface area contributed by atoms with Crippen molar-refractivity contribution in [1.82, 2.24) is 14.9 Å². The van der Waals surface area contributed by atoms with Crippen LogP contribution in [0.2, 0.25) is 5.02 Å². The number of nitrogens with zero attached hydrogens (tertiary/aromatic N) is 1. The van der Waals surface area contributed by atoms with Gasteiger partial charge in [0.05, 0.1) is 10.8 Å². The molecule has 33 heavy (non-hydrogen) atoms. The normalized spacial score (nSPS) is 15.9. The Kier molecular flexibility index (Phi) is 8.06. The van der Waals surface area contributed by atoms with E-state index in [2.05, 4.69) is 10.6 Å². The van der Waals surface area contributed by atoms with E-state index >= 15 is 0 Å². The van der Waals surface area contributed by atoms with Crippen molar-refractivity contribution in [2.75, 3.05) is 20.1 Å². The second kappa shape index (κ2) is 10.8. The molecule has 0 spiro atoms. The van der Waals surface area contributed by atoms with Gasteiger partial charge >= 0.3 is 12.0 Å². The average molecular weight is 494 g/mol. The highest BCUT2D eigenvalue weighted by Gasteiger charge is 2.35. The van der Waals surface area contributed by atoms with E-state index in [1.54, 1.807) is 30.3 Å². The van der Waals surface area contributed by atoms with Gasteiger partial charge in [-0.05, 0) is 37.1 Å². The number of imide groups is 1. The molecule has 1 aliphatic heterocycles. The van der Waals surface area contributed by atoms with Crippen molar-refractivity contribution in [3.8, 4) is 0 Å². The first kappa shape index (κ1) is 24.7. The van der Waals surface area contributed by atoms with Crippen molar-refractivity contribution in [3.63, 3.8) is 0 Å². The number of benzene rings is 2. The van der Waals surface area contributed by atoms with Gasteiger partial charge in [0.2, 0.25) is 16.1 Å². The van der Waals surface area contributed by atoms with Crippen LogP contribution in [-0.4, -0.2) is 50.8 Å². The van der Waals surface area contributed by atoms with Gasteiger partial charge in [-0.25, -0.2) is 13.2 Å². The number of hydrogen-bond donors (Lipinski definition) is 2. The smallest absolute Gasteiger partial charge is 0.321 e. The van der Waals surface area contributed by atoms with Crippen molar-refractivity contribution in [2.45, 2.75) is 23.8 Å². The Morgan fingerprint density at radius 3 is 2.21 bits per heavy atom. The quantitative estimate of drug-likeness (QED) is 0.596. The van der Waals surface area contributed by atoms with Crippen LogP contribution in [0.1, 0.15) is 24.5 Å². The van der Waals surface area contributed by atoms with Crippen LogP contribution in [0.25, 0.3) is 0 Å². The molecule has 1 unspecified atom stereocenters. The molecule has 0 bridgehead atoms. The molecule has 0 aromatic heterocycles. The topological polar surface area (TPSA) is 122 Å². The molecule has 1 atom stereocenters. The van der Waals surface area contributed by atoms with E-state index in [1.807, 2.05) is 0 Å². The third-order valence-corrected chi connectivity index (χ3v) is 7.44. The second-order valence-corrected chi connectivity index (χ2v) is 9.80. The maximum Gasteiger partial charge on any atom is 0.321 e. The fourth-order valence-corrected chi connectivity index (χ4v) is 5.04. The number of nitrogens with one attached hydrogen (secondary N) is 2. The monoisotopic (exact) mass is 493 g/mol. The van der Waals surface area contributed by atoms with Crippen LogP contribution in [0.5, 0.6) is 0 Å². The largest absolute Gasteiger partial charge is 0.447 e. The van der Waals surface area contributed by atoms with E-state index in [1.165, 1.54) is 35.6 Å². The van der Waals surface area contributed by atoms with Gasteiger partial charge in [0.15, 0.2) is 0 Å². The minimum Gasteiger partial charge on any atom is -0.447 e. The van der Waals surface area contributed by atoms with E-state index < -0.39 is 40.0 Å².